The number of pyridine rings is 1. The molecule has 1 amide bonds. The van der Waals surface area contributed by atoms with Gasteiger partial charge in [-0.1, -0.05) is 23.9 Å². The minimum absolute atomic E-state index is 0.124. The summed E-state index contributed by atoms with van der Waals surface area (Å²) in [5, 5.41) is 3.07. The van der Waals surface area contributed by atoms with Crippen molar-refractivity contribution in [3.05, 3.63) is 75.6 Å². The number of ether oxygens (including phenoxy) is 1. The Morgan fingerprint density at radius 3 is 3.00 bits per heavy atom. The van der Waals surface area contributed by atoms with Crippen molar-refractivity contribution in [2.24, 2.45) is 0 Å². The predicted octanol–water partition coefficient (Wildman–Crippen LogP) is 4.21. The van der Waals surface area contributed by atoms with Crippen molar-refractivity contribution in [3.63, 3.8) is 0 Å². The number of amides is 1. The zero-order valence-electron chi connectivity index (χ0n) is 17.3. The molecule has 0 aliphatic carbocycles. The summed E-state index contributed by atoms with van der Waals surface area (Å²) in [6.45, 7) is 4.77. The molecule has 0 saturated carbocycles. The number of carbonyl (C=O) groups is 1. The van der Waals surface area contributed by atoms with Crippen LogP contribution in [0.2, 0.25) is 0 Å². The molecule has 31 heavy (non-hydrogen) atoms. The van der Waals surface area contributed by atoms with E-state index < -0.39 is 0 Å². The monoisotopic (exact) mass is 451 g/mol. The van der Waals surface area contributed by atoms with Crippen LogP contribution in [0.3, 0.4) is 0 Å². The lowest BCUT2D eigenvalue weighted by Gasteiger charge is -2.27. The Bertz CT molecular complexity index is 1050. The standard InChI is InChI=1S/C24H25N3O2S2/c28-24(17-31-23-3-1-2-8-25-23)27-10-11-29-21-5-4-18(13-20(21)16-27)14-26-9-6-22-19(15-26)7-12-30-22/h1-5,7-8,12-13H,6,9-11,14-17H2. The summed E-state index contributed by atoms with van der Waals surface area (Å²) in [7, 11) is 0. The maximum absolute atomic E-state index is 12.8. The smallest absolute Gasteiger partial charge is 0.233 e. The van der Waals surface area contributed by atoms with Crippen LogP contribution in [-0.2, 0) is 30.8 Å². The van der Waals surface area contributed by atoms with Crippen LogP contribution in [-0.4, -0.2) is 46.1 Å². The van der Waals surface area contributed by atoms with Crippen molar-refractivity contribution in [1.29, 1.82) is 0 Å². The van der Waals surface area contributed by atoms with Gasteiger partial charge in [-0.2, -0.15) is 0 Å². The summed E-state index contributed by atoms with van der Waals surface area (Å²) in [5.74, 6) is 1.41. The zero-order valence-corrected chi connectivity index (χ0v) is 19.0. The highest BCUT2D eigenvalue weighted by molar-refractivity contribution is 7.99. The topological polar surface area (TPSA) is 45.7 Å². The molecule has 2 aromatic heterocycles. The molecule has 0 N–H and O–H groups in total. The van der Waals surface area contributed by atoms with Gasteiger partial charge in [0, 0.05) is 42.8 Å². The van der Waals surface area contributed by atoms with Gasteiger partial charge in [0.2, 0.25) is 5.91 Å². The number of hydrogen-bond donors (Lipinski definition) is 0. The molecule has 0 fully saturated rings. The number of carbonyl (C=O) groups excluding carboxylic acids is 1. The van der Waals surface area contributed by atoms with Gasteiger partial charge in [0.05, 0.1) is 17.3 Å². The second kappa shape index (κ2) is 9.42. The van der Waals surface area contributed by atoms with Gasteiger partial charge in [-0.25, -0.2) is 4.98 Å². The van der Waals surface area contributed by atoms with Gasteiger partial charge in [0.1, 0.15) is 12.4 Å². The molecule has 0 spiro atoms. The number of aromatic nitrogens is 1. The average molecular weight is 452 g/mol. The molecule has 160 valence electrons. The normalized spacial score (nSPS) is 16.2. The quantitative estimate of drug-likeness (QED) is 0.544. The van der Waals surface area contributed by atoms with Gasteiger partial charge in [-0.3, -0.25) is 9.69 Å². The van der Waals surface area contributed by atoms with E-state index in [0.29, 0.717) is 25.4 Å². The van der Waals surface area contributed by atoms with Gasteiger partial charge < -0.3 is 9.64 Å². The maximum Gasteiger partial charge on any atom is 0.233 e. The molecular formula is C24H25N3O2S2. The molecule has 5 nitrogen and oxygen atoms in total. The van der Waals surface area contributed by atoms with Crippen LogP contribution in [0.4, 0.5) is 0 Å². The van der Waals surface area contributed by atoms with Crippen LogP contribution < -0.4 is 4.74 Å². The largest absolute Gasteiger partial charge is 0.491 e. The Labute approximate surface area is 191 Å². The molecule has 7 heteroatoms. The van der Waals surface area contributed by atoms with E-state index in [0.717, 1.165) is 42.4 Å². The van der Waals surface area contributed by atoms with Gasteiger partial charge in [-0.15, -0.1) is 11.3 Å². The first-order valence-corrected chi connectivity index (χ1v) is 12.4. The van der Waals surface area contributed by atoms with Gasteiger partial charge in [-0.05, 0) is 53.3 Å². The fraction of sp³-hybridized carbons (Fsp3) is 0.333. The number of nitrogens with zero attached hydrogens (tertiary/aromatic N) is 3. The van der Waals surface area contributed by atoms with Crippen molar-refractivity contribution in [2.75, 3.05) is 25.4 Å². The van der Waals surface area contributed by atoms with E-state index in [9.17, 15) is 4.79 Å². The van der Waals surface area contributed by atoms with E-state index in [2.05, 4.69) is 39.5 Å². The van der Waals surface area contributed by atoms with Gasteiger partial charge >= 0.3 is 0 Å². The minimum atomic E-state index is 0.124. The van der Waals surface area contributed by atoms with Crippen molar-refractivity contribution in [3.8, 4) is 5.75 Å². The van der Waals surface area contributed by atoms with E-state index in [4.69, 9.17) is 4.74 Å². The first-order valence-electron chi connectivity index (χ1n) is 10.6. The van der Waals surface area contributed by atoms with Crippen LogP contribution in [0.5, 0.6) is 5.75 Å². The average Bonchev–Trinajstić information content (AvgIpc) is 3.16. The molecule has 0 unspecified atom stereocenters. The van der Waals surface area contributed by atoms with Gasteiger partial charge in [0.15, 0.2) is 0 Å². The first-order chi connectivity index (χ1) is 15.2. The summed E-state index contributed by atoms with van der Waals surface area (Å²) in [6.07, 6.45) is 2.89. The van der Waals surface area contributed by atoms with Crippen molar-refractivity contribution in [2.45, 2.75) is 31.1 Å². The Morgan fingerprint density at radius 2 is 2.10 bits per heavy atom. The second-order valence-corrected chi connectivity index (χ2v) is 9.89. The van der Waals surface area contributed by atoms with Crippen LogP contribution in [0.1, 0.15) is 21.6 Å². The lowest BCUT2D eigenvalue weighted by atomic mass is 10.1. The molecule has 2 aliphatic rings. The molecule has 3 aromatic rings. The third kappa shape index (κ3) is 4.95. The Hall–Kier alpha value is -2.35. The van der Waals surface area contributed by atoms with Crippen LogP contribution >= 0.6 is 23.1 Å². The van der Waals surface area contributed by atoms with Crippen molar-refractivity contribution < 1.29 is 9.53 Å². The SMILES string of the molecule is O=C(CSc1ccccn1)N1CCOc2ccc(CN3CCc4sccc4C3)cc2C1. The molecule has 2 aliphatic heterocycles. The molecule has 1 aromatic carbocycles. The second-order valence-electron chi connectivity index (χ2n) is 7.89. The third-order valence-electron chi connectivity index (χ3n) is 5.73. The van der Waals surface area contributed by atoms with Crippen molar-refractivity contribution in [1.82, 2.24) is 14.8 Å². The van der Waals surface area contributed by atoms with Crippen LogP contribution in [0.15, 0.2) is 59.1 Å². The molecule has 0 atom stereocenters. The van der Waals surface area contributed by atoms with E-state index >= 15 is 0 Å². The van der Waals surface area contributed by atoms with E-state index in [1.807, 2.05) is 34.4 Å². The third-order valence-corrected chi connectivity index (χ3v) is 7.68. The molecular weight excluding hydrogens is 426 g/mol. The Morgan fingerprint density at radius 1 is 1.13 bits per heavy atom. The fourth-order valence-electron chi connectivity index (χ4n) is 4.12. The van der Waals surface area contributed by atoms with E-state index in [1.165, 1.54) is 27.8 Å². The molecule has 4 heterocycles. The molecule has 0 saturated heterocycles. The molecule has 0 bridgehead atoms. The number of rotatable bonds is 5. The predicted molar refractivity (Wildman–Crippen MR) is 124 cm³/mol. The number of thioether (sulfide) groups is 1. The lowest BCUT2D eigenvalue weighted by Crippen LogP contribution is -2.33. The minimum Gasteiger partial charge on any atom is -0.491 e. The fourth-order valence-corrected chi connectivity index (χ4v) is 5.77. The lowest BCUT2D eigenvalue weighted by molar-refractivity contribution is -0.129. The van der Waals surface area contributed by atoms with Gasteiger partial charge in [0.25, 0.3) is 0 Å². The number of hydrogen-bond acceptors (Lipinski definition) is 6. The summed E-state index contributed by atoms with van der Waals surface area (Å²) in [4.78, 5) is 23.1. The number of thiophene rings is 1. The maximum atomic E-state index is 12.8. The Kier molecular flexibility index (Phi) is 6.25. The summed E-state index contributed by atoms with van der Waals surface area (Å²) in [6, 6.07) is 14.5. The van der Waals surface area contributed by atoms with Crippen molar-refractivity contribution >= 4 is 29.0 Å². The number of benzene rings is 1. The summed E-state index contributed by atoms with van der Waals surface area (Å²) < 4.78 is 5.95. The highest BCUT2D eigenvalue weighted by Gasteiger charge is 2.22. The number of fused-ring (bicyclic) bond motifs is 2. The summed E-state index contributed by atoms with van der Waals surface area (Å²) >= 11 is 3.36. The molecule has 5 rings (SSSR count). The highest BCUT2D eigenvalue weighted by Crippen LogP contribution is 2.28. The first kappa shape index (κ1) is 20.5. The van der Waals surface area contributed by atoms with Crippen LogP contribution in [0, 0.1) is 0 Å². The van der Waals surface area contributed by atoms with Crippen LogP contribution in [0.25, 0.3) is 0 Å². The molecule has 0 radical (unpaired) electrons. The summed E-state index contributed by atoms with van der Waals surface area (Å²) in [5.41, 5.74) is 3.84. The van der Waals surface area contributed by atoms with E-state index in [-0.39, 0.29) is 5.91 Å². The van der Waals surface area contributed by atoms with E-state index in [1.54, 1.807) is 6.20 Å². The zero-order chi connectivity index (χ0) is 21.0. The highest BCUT2D eigenvalue weighted by atomic mass is 32.2. The Balaban J connectivity index is 1.24.